The second-order valence-electron chi connectivity index (χ2n) is 6.95. The van der Waals surface area contributed by atoms with Gasteiger partial charge in [-0.1, -0.05) is 17.7 Å². The van der Waals surface area contributed by atoms with Gasteiger partial charge < -0.3 is 25.3 Å². The first-order valence-corrected chi connectivity index (χ1v) is 9.83. The Kier molecular flexibility index (Phi) is 7.14. The normalized spacial score (nSPS) is 13.4. The third-order valence-corrected chi connectivity index (χ3v) is 4.97. The number of carbonyl (C=O) groups excluding carboxylic acids is 1. The highest BCUT2D eigenvalue weighted by Gasteiger charge is 2.14. The number of hydrogen-bond donors (Lipinski definition) is 2. The summed E-state index contributed by atoms with van der Waals surface area (Å²) in [6.45, 7) is 1.00. The quantitative estimate of drug-likeness (QED) is 0.654. The molecule has 0 radical (unpaired) electrons. The molecule has 0 aromatic heterocycles. The van der Waals surface area contributed by atoms with Crippen molar-refractivity contribution in [3.8, 4) is 23.0 Å². The van der Waals surface area contributed by atoms with Crippen LogP contribution in [0.1, 0.15) is 41.6 Å². The molecule has 1 aliphatic rings. The minimum atomic E-state index is -0.133. The van der Waals surface area contributed by atoms with Gasteiger partial charge in [0.2, 0.25) is 0 Å². The number of carbonyl (C=O) groups is 1. The lowest BCUT2D eigenvalue weighted by Crippen LogP contribution is -2.26. The standard InChI is InChI=1S/C23H28N2O4/c1-27-21-12-17(14-24)8-10-19(21)29-20-11-9-18(13-22(20)28-2)23(26)25-15-16-6-4-3-5-7-16/h6,8-13H,3-5,7,14-15,24H2,1-2H3,(H,25,26). The fourth-order valence-corrected chi connectivity index (χ4v) is 3.30. The molecule has 29 heavy (non-hydrogen) atoms. The number of benzene rings is 2. The molecule has 6 heteroatoms. The largest absolute Gasteiger partial charge is 0.493 e. The first kappa shape index (κ1) is 20.7. The van der Waals surface area contributed by atoms with Gasteiger partial charge in [0.15, 0.2) is 23.0 Å². The Bertz CT molecular complexity index is 892. The molecule has 3 rings (SSSR count). The van der Waals surface area contributed by atoms with Crippen molar-refractivity contribution in [2.75, 3.05) is 20.8 Å². The summed E-state index contributed by atoms with van der Waals surface area (Å²) in [6, 6.07) is 10.7. The zero-order chi connectivity index (χ0) is 20.6. The van der Waals surface area contributed by atoms with Gasteiger partial charge in [-0.25, -0.2) is 0 Å². The Balaban J connectivity index is 1.73. The van der Waals surface area contributed by atoms with Crippen molar-refractivity contribution in [1.29, 1.82) is 0 Å². The first-order chi connectivity index (χ1) is 14.1. The molecule has 0 bridgehead atoms. The predicted octanol–water partition coefficient (Wildman–Crippen LogP) is 4.19. The molecule has 0 saturated heterocycles. The van der Waals surface area contributed by atoms with E-state index >= 15 is 0 Å². The maximum absolute atomic E-state index is 12.5. The molecule has 0 unspecified atom stereocenters. The highest BCUT2D eigenvalue weighted by atomic mass is 16.5. The number of rotatable bonds is 8. The van der Waals surface area contributed by atoms with Gasteiger partial charge in [0, 0.05) is 18.7 Å². The van der Waals surface area contributed by atoms with Crippen LogP contribution in [0.25, 0.3) is 0 Å². The summed E-state index contributed by atoms with van der Waals surface area (Å²) in [5.74, 6) is 1.96. The molecule has 1 amide bonds. The molecule has 0 heterocycles. The average molecular weight is 396 g/mol. The lowest BCUT2D eigenvalue weighted by atomic mass is 9.99. The summed E-state index contributed by atoms with van der Waals surface area (Å²) in [7, 11) is 3.13. The van der Waals surface area contributed by atoms with E-state index in [2.05, 4.69) is 11.4 Å². The maximum atomic E-state index is 12.5. The molecule has 0 spiro atoms. The Labute approximate surface area is 171 Å². The third-order valence-electron chi connectivity index (χ3n) is 4.97. The third kappa shape index (κ3) is 5.29. The lowest BCUT2D eigenvalue weighted by Gasteiger charge is -2.15. The van der Waals surface area contributed by atoms with E-state index in [0.717, 1.165) is 18.4 Å². The number of allylic oxidation sites excluding steroid dienone is 1. The van der Waals surface area contributed by atoms with Gasteiger partial charge in [0.1, 0.15) is 0 Å². The van der Waals surface area contributed by atoms with Gasteiger partial charge in [0.25, 0.3) is 5.91 Å². The van der Waals surface area contributed by atoms with Crippen LogP contribution in [0, 0.1) is 0 Å². The van der Waals surface area contributed by atoms with Crippen LogP contribution in [0.4, 0.5) is 0 Å². The van der Waals surface area contributed by atoms with Gasteiger partial charge in [-0.15, -0.1) is 0 Å². The molecule has 3 N–H and O–H groups in total. The summed E-state index contributed by atoms with van der Waals surface area (Å²) in [6.07, 6.45) is 6.81. The number of amides is 1. The summed E-state index contributed by atoms with van der Waals surface area (Å²) in [5.41, 5.74) is 8.45. The maximum Gasteiger partial charge on any atom is 0.251 e. The van der Waals surface area contributed by atoms with Crippen molar-refractivity contribution in [3.05, 3.63) is 59.2 Å². The van der Waals surface area contributed by atoms with E-state index in [9.17, 15) is 4.79 Å². The van der Waals surface area contributed by atoms with Gasteiger partial charge >= 0.3 is 0 Å². The van der Waals surface area contributed by atoms with Crippen molar-refractivity contribution in [1.82, 2.24) is 5.32 Å². The zero-order valence-corrected chi connectivity index (χ0v) is 17.0. The van der Waals surface area contributed by atoms with E-state index in [1.807, 2.05) is 12.1 Å². The van der Waals surface area contributed by atoms with Crippen molar-refractivity contribution >= 4 is 5.91 Å². The van der Waals surface area contributed by atoms with Gasteiger partial charge in [-0.05, 0) is 61.6 Å². The van der Waals surface area contributed by atoms with Crippen LogP contribution in [0.5, 0.6) is 23.0 Å². The second-order valence-corrected chi connectivity index (χ2v) is 6.95. The van der Waals surface area contributed by atoms with E-state index in [-0.39, 0.29) is 5.91 Å². The Morgan fingerprint density at radius 1 is 1.00 bits per heavy atom. The van der Waals surface area contributed by atoms with Crippen LogP contribution in [0.3, 0.4) is 0 Å². The number of hydrogen-bond acceptors (Lipinski definition) is 5. The fourth-order valence-electron chi connectivity index (χ4n) is 3.30. The molecule has 2 aromatic carbocycles. The first-order valence-electron chi connectivity index (χ1n) is 9.83. The van der Waals surface area contributed by atoms with Crippen LogP contribution in [0.15, 0.2) is 48.0 Å². The van der Waals surface area contributed by atoms with E-state index in [0.29, 0.717) is 41.7 Å². The Morgan fingerprint density at radius 2 is 1.72 bits per heavy atom. The highest BCUT2D eigenvalue weighted by Crippen LogP contribution is 2.37. The molecule has 0 atom stereocenters. The molecule has 2 aromatic rings. The lowest BCUT2D eigenvalue weighted by molar-refractivity contribution is 0.0956. The fraction of sp³-hybridized carbons (Fsp3) is 0.348. The highest BCUT2D eigenvalue weighted by molar-refractivity contribution is 5.95. The molecular formula is C23H28N2O4. The van der Waals surface area contributed by atoms with Gasteiger partial charge in [-0.2, -0.15) is 0 Å². The van der Waals surface area contributed by atoms with E-state index in [1.165, 1.54) is 18.4 Å². The minimum absolute atomic E-state index is 0.133. The van der Waals surface area contributed by atoms with Crippen molar-refractivity contribution in [2.24, 2.45) is 5.73 Å². The molecule has 154 valence electrons. The van der Waals surface area contributed by atoms with Gasteiger partial charge in [0.05, 0.1) is 14.2 Å². The molecular weight excluding hydrogens is 368 g/mol. The van der Waals surface area contributed by atoms with Gasteiger partial charge in [-0.3, -0.25) is 4.79 Å². The SMILES string of the molecule is COc1cc(CN)ccc1Oc1ccc(C(=O)NCC2=CCCCC2)cc1OC. The molecule has 6 nitrogen and oxygen atoms in total. The van der Waals surface area contributed by atoms with Crippen LogP contribution >= 0.6 is 0 Å². The number of methoxy groups -OCH3 is 2. The van der Waals surface area contributed by atoms with E-state index in [1.54, 1.807) is 38.5 Å². The van der Waals surface area contributed by atoms with Crippen molar-refractivity contribution in [3.63, 3.8) is 0 Å². The Morgan fingerprint density at radius 3 is 2.38 bits per heavy atom. The molecule has 0 fully saturated rings. The summed E-state index contributed by atoms with van der Waals surface area (Å²) >= 11 is 0. The van der Waals surface area contributed by atoms with Crippen LogP contribution in [0.2, 0.25) is 0 Å². The summed E-state index contributed by atoms with van der Waals surface area (Å²) < 4.78 is 16.8. The molecule has 0 aliphatic heterocycles. The van der Waals surface area contributed by atoms with Crippen LogP contribution in [-0.2, 0) is 6.54 Å². The summed E-state index contributed by atoms with van der Waals surface area (Å²) in [5, 5.41) is 2.98. The van der Waals surface area contributed by atoms with Crippen molar-refractivity contribution < 1.29 is 19.0 Å². The zero-order valence-electron chi connectivity index (χ0n) is 17.0. The average Bonchev–Trinajstić information content (AvgIpc) is 2.78. The number of nitrogens with one attached hydrogen (secondary N) is 1. The number of nitrogens with two attached hydrogens (primary N) is 1. The second kappa shape index (κ2) is 9.98. The van der Waals surface area contributed by atoms with Crippen molar-refractivity contribution in [2.45, 2.75) is 32.2 Å². The summed E-state index contributed by atoms with van der Waals surface area (Å²) in [4.78, 5) is 12.5. The predicted molar refractivity (Wildman–Crippen MR) is 113 cm³/mol. The van der Waals surface area contributed by atoms with Crippen LogP contribution in [-0.4, -0.2) is 26.7 Å². The van der Waals surface area contributed by atoms with E-state index < -0.39 is 0 Å². The van der Waals surface area contributed by atoms with Crippen LogP contribution < -0.4 is 25.3 Å². The minimum Gasteiger partial charge on any atom is -0.493 e. The molecule has 1 aliphatic carbocycles. The smallest absolute Gasteiger partial charge is 0.251 e. The Hall–Kier alpha value is -2.99. The van der Waals surface area contributed by atoms with E-state index in [4.69, 9.17) is 19.9 Å². The molecule has 0 saturated carbocycles. The number of ether oxygens (including phenoxy) is 3. The topological polar surface area (TPSA) is 82.8 Å². The monoisotopic (exact) mass is 396 g/mol.